The second-order valence-corrected chi connectivity index (χ2v) is 11.2. The minimum atomic E-state index is -1.64. The summed E-state index contributed by atoms with van der Waals surface area (Å²) >= 11 is 0. The molecule has 0 saturated heterocycles. The van der Waals surface area contributed by atoms with E-state index < -0.39 is 8.32 Å². The Kier molecular flexibility index (Phi) is 4.20. The topological polar surface area (TPSA) is 37.9 Å². The number of hydrogen-bond acceptors (Lipinski definition) is 2. The smallest absolute Gasteiger partial charge is 0.192 e. The summed E-state index contributed by atoms with van der Waals surface area (Å²) in [5.74, 6) is 1.36. The number of rotatable bonds is 4. The Bertz CT molecular complexity index is 366. The number of nitrogens with zero attached hydrogens (tertiary/aromatic N) is 1. The molecule has 0 fully saturated rings. The number of imidazole rings is 1. The molecule has 4 heteroatoms. The highest BCUT2D eigenvalue weighted by molar-refractivity contribution is 6.74. The van der Waals surface area contributed by atoms with Crippen molar-refractivity contribution in [3.63, 3.8) is 0 Å². The van der Waals surface area contributed by atoms with Crippen LogP contribution in [-0.4, -0.2) is 24.9 Å². The normalized spacial score (nSPS) is 15.0. The number of H-pyrrole nitrogens is 1. The van der Waals surface area contributed by atoms with Crippen LogP contribution in [-0.2, 0) is 4.43 Å². The average molecular weight is 254 g/mol. The molecule has 0 aliphatic rings. The van der Waals surface area contributed by atoms with Crippen LogP contribution in [0, 0.1) is 6.92 Å². The molecular weight excluding hydrogens is 228 g/mol. The van der Waals surface area contributed by atoms with Gasteiger partial charge in [0.05, 0.1) is 0 Å². The van der Waals surface area contributed by atoms with Crippen LogP contribution in [0.1, 0.15) is 45.1 Å². The lowest BCUT2D eigenvalue weighted by Crippen LogP contribution is -2.41. The van der Waals surface area contributed by atoms with Gasteiger partial charge in [-0.3, -0.25) is 0 Å². The lowest BCUT2D eigenvalue weighted by molar-refractivity contribution is 0.265. The lowest BCUT2D eigenvalue weighted by Gasteiger charge is -2.36. The molecule has 1 aromatic heterocycles. The first kappa shape index (κ1) is 14.4. The van der Waals surface area contributed by atoms with Gasteiger partial charge in [0.1, 0.15) is 5.82 Å². The largest absolute Gasteiger partial charge is 0.416 e. The van der Waals surface area contributed by atoms with Gasteiger partial charge in [0.15, 0.2) is 8.32 Å². The molecule has 0 amide bonds. The zero-order chi connectivity index (χ0) is 13.3. The number of aromatic nitrogens is 2. The van der Waals surface area contributed by atoms with Crippen LogP contribution >= 0.6 is 0 Å². The second-order valence-electron chi connectivity index (χ2n) is 6.42. The second kappa shape index (κ2) is 4.94. The zero-order valence-electron chi connectivity index (χ0n) is 12.2. The molecular formula is C13H26N2OSi. The summed E-state index contributed by atoms with van der Waals surface area (Å²) in [5, 5.41) is 0.270. The van der Waals surface area contributed by atoms with Gasteiger partial charge >= 0.3 is 0 Å². The maximum absolute atomic E-state index is 6.20. The molecule has 0 aliphatic heterocycles. The van der Waals surface area contributed by atoms with Crippen molar-refractivity contribution in [2.75, 3.05) is 6.61 Å². The molecule has 0 saturated carbocycles. The highest BCUT2D eigenvalue weighted by Crippen LogP contribution is 2.37. The predicted molar refractivity (Wildman–Crippen MR) is 74.9 cm³/mol. The Labute approximate surface area is 106 Å². The van der Waals surface area contributed by atoms with E-state index in [1.54, 1.807) is 0 Å². The summed E-state index contributed by atoms with van der Waals surface area (Å²) in [4.78, 5) is 7.63. The van der Waals surface area contributed by atoms with E-state index in [2.05, 4.69) is 50.8 Å². The summed E-state index contributed by atoms with van der Waals surface area (Å²) in [5.41, 5.74) is 1.11. The van der Waals surface area contributed by atoms with Crippen molar-refractivity contribution in [2.45, 2.75) is 58.7 Å². The first-order chi connectivity index (χ1) is 7.63. The van der Waals surface area contributed by atoms with Gasteiger partial charge in [0.2, 0.25) is 0 Å². The Morgan fingerprint density at radius 1 is 1.41 bits per heavy atom. The van der Waals surface area contributed by atoms with Crippen molar-refractivity contribution in [1.29, 1.82) is 0 Å². The molecule has 1 N–H and O–H groups in total. The molecule has 1 aromatic rings. The van der Waals surface area contributed by atoms with Crippen LogP contribution in [0.25, 0.3) is 0 Å². The van der Waals surface area contributed by atoms with E-state index in [1.165, 1.54) is 0 Å². The van der Waals surface area contributed by atoms with Crippen molar-refractivity contribution >= 4 is 8.32 Å². The van der Waals surface area contributed by atoms with Crippen LogP contribution in [0.2, 0.25) is 18.1 Å². The lowest BCUT2D eigenvalue weighted by atomic mass is 10.2. The van der Waals surface area contributed by atoms with Crippen LogP contribution in [0.15, 0.2) is 6.20 Å². The monoisotopic (exact) mass is 254 g/mol. The number of aromatic amines is 1. The Morgan fingerprint density at radius 3 is 2.41 bits per heavy atom. The van der Waals surface area contributed by atoms with Gasteiger partial charge in [-0.15, -0.1) is 0 Å². The fraction of sp³-hybridized carbons (Fsp3) is 0.769. The predicted octanol–water partition coefficient (Wildman–Crippen LogP) is 3.84. The summed E-state index contributed by atoms with van der Waals surface area (Å²) in [7, 11) is -1.64. The van der Waals surface area contributed by atoms with E-state index in [0.29, 0.717) is 5.92 Å². The Morgan fingerprint density at radius 2 is 2.00 bits per heavy atom. The van der Waals surface area contributed by atoms with Gasteiger partial charge < -0.3 is 9.41 Å². The zero-order valence-corrected chi connectivity index (χ0v) is 13.2. The van der Waals surface area contributed by atoms with Crippen molar-refractivity contribution in [1.82, 2.24) is 9.97 Å². The van der Waals surface area contributed by atoms with E-state index in [9.17, 15) is 0 Å². The fourth-order valence-corrected chi connectivity index (χ4v) is 2.41. The van der Waals surface area contributed by atoms with Crippen molar-refractivity contribution < 1.29 is 4.43 Å². The third-order valence-corrected chi connectivity index (χ3v) is 8.19. The Hall–Kier alpha value is -0.613. The summed E-state index contributed by atoms with van der Waals surface area (Å²) < 4.78 is 6.20. The van der Waals surface area contributed by atoms with Gasteiger partial charge in [-0.05, 0) is 25.1 Å². The first-order valence-electron chi connectivity index (χ1n) is 6.29. The molecule has 0 bridgehead atoms. The molecule has 1 atom stereocenters. The summed E-state index contributed by atoms with van der Waals surface area (Å²) in [6.07, 6.45) is 1.87. The van der Waals surface area contributed by atoms with Gasteiger partial charge in [0.25, 0.3) is 0 Å². The standard InChI is InChI=1S/C13H26N2OSi/c1-10(12-14-8-11(2)15-12)9-16-17(6,7)13(3,4)5/h8,10H,9H2,1-7H3,(H,14,15)/t10-/m1/s1. The molecule has 17 heavy (non-hydrogen) atoms. The third-order valence-electron chi connectivity index (χ3n) is 3.69. The molecule has 0 unspecified atom stereocenters. The third kappa shape index (κ3) is 3.68. The van der Waals surface area contributed by atoms with Crippen LogP contribution in [0.5, 0.6) is 0 Å². The van der Waals surface area contributed by atoms with Crippen LogP contribution in [0.3, 0.4) is 0 Å². The quantitative estimate of drug-likeness (QED) is 0.829. The molecule has 98 valence electrons. The number of hydrogen-bond donors (Lipinski definition) is 1. The van der Waals surface area contributed by atoms with E-state index in [1.807, 2.05) is 13.1 Å². The molecule has 0 aliphatic carbocycles. The first-order valence-corrected chi connectivity index (χ1v) is 9.20. The van der Waals surface area contributed by atoms with Crippen LogP contribution < -0.4 is 0 Å². The molecule has 3 nitrogen and oxygen atoms in total. The summed E-state index contributed by atoms with van der Waals surface area (Å²) in [6.45, 7) is 16.3. The SMILES string of the molecule is Cc1cnc([C@H](C)CO[Si](C)(C)C(C)(C)C)[nH]1. The molecule has 0 spiro atoms. The molecule has 0 aromatic carbocycles. The summed E-state index contributed by atoms with van der Waals surface area (Å²) in [6, 6.07) is 0. The average Bonchev–Trinajstić information content (AvgIpc) is 2.59. The van der Waals surface area contributed by atoms with E-state index in [4.69, 9.17) is 4.43 Å². The maximum Gasteiger partial charge on any atom is 0.192 e. The highest BCUT2D eigenvalue weighted by Gasteiger charge is 2.37. The van der Waals surface area contributed by atoms with Crippen molar-refractivity contribution in [3.8, 4) is 0 Å². The van der Waals surface area contributed by atoms with Gasteiger partial charge in [-0.2, -0.15) is 0 Å². The minimum Gasteiger partial charge on any atom is -0.416 e. The van der Waals surface area contributed by atoms with Gasteiger partial charge in [-0.1, -0.05) is 27.7 Å². The van der Waals surface area contributed by atoms with Gasteiger partial charge in [0, 0.05) is 24.4 Å². The fourth-order valence-electron chi connectivity index (χ4n) is 1.31. The van der Waals surface area contributed by atoms with E-state index >= 15 is 0 Å². The minimum absolute atomic E-state index is 0.270. The van der Waals surface area contributed by atoms with Crippen molar-refractivity contribution in [2.24, 2.45) is 0 Å². The van der Waals surface area contributed by atoms with Crippen LogP contribution in [0.4, 0.5) is 0 Å². The van der Waals surface area contributed by atoms with E-state index in [0.717, 1.165) is 18.1 Å². The molecule has 1 rings (SSSR count). The Balaban J connectivity index is 2.57. The highest BCUT2D eigenvalue weighted by atomic mass is 28.4. The molecule has 0 radical (unpaired) electrons. The molecule has 1 heterocycles. The number of nitrogens with one attached hydrogen (secondary N) is 1. The number of aryl methyl sites for hydroxylation is 1. The van der Waals surface area contributed by atoms with Crippen molar-refractivity contribution in [3.05, 3.63) is 17.7 Å². The van der Waals surface area contributed by atoms with Gasteiger partial charge in [-0.25, -0.2) is 4.98 Å². The van der Waals surface area contributed by atoms with E-state index in [-0.39, 0.29) is 5.04 Å². The maximum atomic E-state index is 6.20.